The molecule has 0 bridgehead atoms. The van der Waals surface area contributed by atoms with Crippen LogP contribution in [0, 0.1) is 5.82 Å². The van der Waals surface area contributed by atoms with Gasteiger partial charge in [-0.3, -0.25) is 0 Å². The second-order valence-corrected chi connectivity index (χ2v) is 3.73. The number of aliphatic hydroxyl groups is 1. The van der Waals surface area contributed by atoms with Crippen LogP contribution in [0.15, 0.2) is 18.2 Å². The van der Waals surface area contributed by atoms with Crippen LogP contribution in [0.1, 0.15) is 13.8 Å². The zero-order valence-corrected chi connectivity index (χ0v) is 8.85. The fourth-order valence-electron chi connectivity index (χ4n) is 0.972. The molecule has 0 saturated carbocycles. The van der Waals surface area contributed by atoms with Crippen molar-refractivity contribution in [1.29, 1.82) is 0 Å². The Balaban J connectivity index is 2.77. The lowest BCUT2D eigenvalue weighted by atomic mass is 10.2. The van der Waals surface area contributed by atoms with Gasteiger partial charge in [-0.1, -0.05) is 11.6 Å². The first-order valence-electron chi connectivity index (χ1n) is 4.40. The molecule has 1 aromatic rings. The van der Waals surface area contributed by atoms with Gasteiger partial charge in [0.1, 0.15) is 5.82 Å². The first-order chi connectivity index (χ1) is 6.50. The standard InChI is InChI=1S/C10H13ClFNO/c1-6(7(2)14)13-10-4-3-8(11)5-9(10)12/h3-7,13-14H,1-2H3. The number of halogens is 2. The molecule has 0 aliphatic rings. The van der Waals surface area contributed by atoms with Gasteiger partial charge in [0.25, 0.3) is 0 Å². The third-order valence-corrected chi connectivity index (χ3v) is 2.27. The van der Waals surface area contributed by atoms with Crippen molar-refractivity contribution in [3.8, 4) is 0 Å². The third-order valence-electron chi connectivity index (χ3n) is 2.04. The van der Waals surface area contributed by atoms with Gasteiger partial charge in [-0.25, -0.2) is 4.39 Å². The average molecular weight is 218 g/mol. The van der Waals surface area contributed by atoms with Crippen molar-refractivity contribution in [2.45, 2.75) is 26.0 Å². The fourth-order valence-corrected chi connectivity index (χ4v) is 1.13. The highest BCUT2D eigenvalue weighted by Crippen LogP contribution is 2.19. The van der Waals surface area contributed by atoms with E-state index in [1.165, 1.54) is 6.07 Å². The molecule has 1 rings (SSSR count). The monoisotopic (exact) mass is 217 g/mol. The van der Waals surface area contributed by atoms with E-state index in [1.54, 1.807) is 26.0 Å². The van der Waals surface area contributed by atoms with Crippen LogP contribution in [0.3, 0.4) is 0 Å². The number of hydrogen-bond acceptors (Lipinski definition) is 2. The quantitative estimate of drug-likeness (QED) is 0.816. The highest BCUT2D eigenvalue weighted by atomic mass is 35.5. The Morgan fingerprint density at radius 1 is 1.43 bits per heavy atom. The molecule has 2 N–H and O–H groups in total. The molecule has 4 heteroatoms. The van der Waals surface area contributed by atoms with E-state index in [-0.39, 0.29) is 6.04 Å². The predicted molar refractivity (Wildman–Crippen MR) is 56.2 cm³/mol. The van der Waals surface area contributed by atoms with Crippen LogP contribution in [0.4, 0.5) is 10.1 Å². The molecule has 1 aromatic carbocycles. The number of aliphatic hydroxyl groups excluding tert-OH is 1. The summed E-state index contributed by atoms with van der Waals surface area (Å²) in [7, 11) is 0. The predicted octanol–water partition coefficient (Wildman–Crippen LogP) is 2.66. The van der Waals surface area contributed by atoms with E-state index in [9.17, 15) is 9.50 Å². The number of rotatable bonds is 3. The van der Waals surface area contributed by atoms with Crippen molar-refractivity contribution in [2.75, 3.05) is 5.32 Å². The minimum atomic E-state index is -0.537. The van der Waals surface area contributed by atoms with Gasteiger partial charge in [0, 0.05) is 11.1 Å². The summed E-state index contributed by atoms with van der Waals surface area (Å²) in [5, 5.41) is 12.4. The minimum Gasteiger partial charge on any atom is -0.391 e. The van der Waals surface area contributed by atoms with E-state index in [1.807, 2.05) is 0 Å². The minimum absolute atomic E-state index is 0.203. The topological polar surface area (TPSA) is 32.3 Å². The first-order valence-corrected chi connectivity index (χ1v) is 4.78. The van der Waals surface area contributed by atoms with Crippen molar-refractivity contribution >= 4 is 17.3 Å². The largest absolute Gasteiger partial charge is 0.391 e. The van der Waals surface area contributed by atoms with Crippen molar-refractivity contribution in [3.63, 3.8) is 0 Å². The second kappa shape index (κ2) is 4.62. The lowest BCUT2D eigenvalue weighted by Crippen LogP contribution is -2.28. The summed E-state index contributed by atoms with van der Waals surface area (Å²) in [5.41, 5.74) is 0.350. The van der Waals surface area contributed by atoms with Gasteiger partial charge in [-0.05, 0) is 32.0 Å². The van der Waals surface area contributed by atoms with Crippen LogP contribution in [-0.4, -0.2) is 17.3 Å². The fraction of sp³-hybridized carbons (Fsp3) is 0.400. The third kappa shape index (κ3) is 2.86. The maximum absolute atomic E-state index is 13.2. The molecule has 0 heterocycles. The Labute approximate surface area is 87.7 Å². The van der Waals surface area contributed by atoms with Crippen molar-refractivity contribution in [2.24, 2.45) is 0 Å². The summed E-state index contributed by atoms with van der Waals surface area (Å²) in [5.74, 6) is -0.412. The van der Waals surface area contributed by atoms with E-state index in [2.05, 4.69) is 5.32 Å². The van der Waals surface area contributed by atoms with Crippen molar-refractivity contribution in [1.82, 2.24) is 0 Å². The Kier molecular flexibility index (Phi) is 3.72. The highest BCUT2D eigenvalue weighted by molar-refractivity contribution is 6.30. The molecule has 2 nitrogen and oxygen atoms in total. The Hall–Kier alpha value is -0.800. The van der Waals surface area contributed by atoms with Crippen LogP contribution in [0.25, 0.3) is 0 Å². The summed E-state index contributed by atoms with van der Waals surface area (Å²) in [6.07, 6.45) is -0.537. The van der Waals surface area contributed by atoms with Gasteiger partial charge in [0.2, 0.25) is 0 Å². The first kappa shape index (κ1) is 11.3. The number of anilines is 1. The second-order valence-electron chi connectivity index (χ2n) is 3.30. The van der Waals surface area contributed by atoms with E-state index in [0.717, 1.165) is 0 Å². The van der Waals surface area contributed by atoms with Crippen molar-refractivity contribution in [3.05, 3.63) is 29.0 Å². The lowest BCUT2D eigenvalue weighted by molar-refractivity contribution is 0.177. The summed E-state index contributed by atoms with van der Waals surface area (Å²) in [4.78, 5) is 0. The molecule has 0 aliphatic heterocycles. The maximum Gasteiger partial charge on any atom is 0.147 e. The van der Waals surface area contributed by atoms with Crippen LogP contribution in [0.2, 0.25) is 5.02 Å². The van der Waals surface area contributed by atoms with Crippen LogP contribution in [-0.2, 0) is 0 Å². The van der Waals surface area contributed by atoms with Crippen LogP contribution in [0.5, 0.6) is 0 Å². The summed E-state index contributed by atoms with van der Waals surface area (Å²) >= 11 is 5.60. The maximum atomic E-state index is 13.2. The van der Waals surface area contributed by atoms with Crippen LogP contribution < -0.4 is 5.32 Å². The summed E-state index contributed by atoms with van der Waals surface area (Å²) in [6.45, 7) is 3.42. The van der Waals surface area contributed by atoms with Gasteiger partial charge < -0.3 is 10.4 Å². The number of nitrogens with one attached hydrogen (secondary N) is 1. The van der Waals surface area contributed by atoms with Crippen molar-refractivity contribution < 1.29 is 9.50 Å². The molecule has 0 amide bonds. The molecule has 0 spiro atoms. The van der Waals surface area contributed by atoms with E-state index < -0.39 is 11.9 Å². The smallest absolute Gasteiger partial charge is 0.147 e. The van der Waals surface area contributed by atoms with Gasteiger partial charge in [0.05, 0.1) is 11.8 Å². The molecule has 2 unspecified atom stereocenters. The molecule has 0 radical (unpaired) electrons. The van der Waals surface area contributed by atoms with Gasteiger partial charge in [-0.2, -0.15) is 0 Å². The van der Waals surface area contributed by atoms with E-state index in [4.69, 9.17) is 11.6 Å². The molecular formula is C10H13ClFNO. The van der Waals surface area contributed by atoms with Gasteiger partial charge in [-0.15, -0.1) is 0 Å². The number of benzene rings is 1. The molecule has 0 aromatic heterocycles. The molecule has 78 valence electrons. The molecule has 2 atom stereocenters. The molecule has 0 aliphatic carbocycles. The van der Waals surface area contributed by atoms with Crippen LogP contribution >= 0.6 is 11.6 Å². The highest BCUT2D eigenvalue weighted by Gasteiger charge is 2.10. The van der Waals surface area contributed by atoms with E-state index >= 15 is 0 Å². The molecule has 14 heavy (non-hydrogen) atoms. The summed E-state index contributed by atoms with van der Waals surface area (Å²) < 4.78 is 13.2. The Bertz CT molecular complexity index is 317. The zero-order chi connectivity index (χ0) is 10.7. The van der Waals surface area contributed by atoms with Gasteiger partial charge in [0.15, 0.2) is 0 Å². The zero-order valence-electron chi connectivity index (χ0n) is 8.09. The van der Waals surface area contributed by atoms with Gasteiger partial charge >= 0.3 is 0 Å². The molecular weight excluding hydrogens is 205 g/mol. The number of hydrogen-bond donors (Lipinski definition) is 2. The normalized spacial score (nSPS) is 14.9. The summed E-state index contributed by atoms with van der Waals surface area (Å²) in [6, 6.07) is 4.18. The van der Waals surface area contributed by atoms with E-state index in [0.29, 0.717) is 10.7 Å². The Morgan fingerprint density at radius 3 is 2.57 bits per heavy atom. The lowest BCUT2D eigenvalue weighted by Gasteiger charge is -2.18. The SMILES string of the molecule is CC(O)C(C)Nc1ccc(Cl)cc1F. The Morgan fingerprint density at radius 2 is 2.07 bits per heavy atom. The average Bonchev–Trinajstić information content (AvgIpc) is 2.09. The molecule has 0 fully saturated rings. The molecule has 0 saturated heterocycles.